The Bertz CT molecular complexity index is 990. The zero-order chi connectivity index (χ0) is 21.9. The van der Waals surface area contributed by atoms with Crippen LogP contribution in [0.2, 0.25) is 0 Å². The first-order valence-corrected chi connectivity index (χ1v) is 11.7. The van der Waals surface area contributed by atoms with Crippen LogP contribution >= 0.6 is 0 Å². The van der Waals surface area contributed by atoms with Crippen LogP contribution in [-0.2, 0) is 14.8 Å². The fourth-order valence-corrected chi connectivity index (χ4v) is 4.67. The Labute approximate surface area is 175 Å². The summed E-state index contributed by atoms with van der Waals surface area (Å²) in [5.74, 6) is -0.320. The first-order chi connectivity index (χ1) is 13.4. The minimum atomic E-state index is -3.62. The van der Waals surface area contributed by atoms with Crippen molar-refractivity contribution in [2.24, 2.45) is 0 Å². The van der Waals surface area contributed by atoms with Crippen molar-refractivity contribution >= 4 is 21.6 Å². The summed E-state index contributed by atoms with van der Waals surface area (Å²) in [6.45, 7) is 11.6. The van der Waals surface area contributed by atoms with Crippen molar-refractivity contribution in [3.8, 4) is 0 Å². The summed E-state index contributed by atoms with van der Waals surface area (Å²) in [5.41, 5.74) is 6.69. The Morgan fingerprint density at radius 2 is 1.55 bits per heavy atom. The molecule has 0 aliphatic rings. The summed E-state index contributed by atoms with van der Waals surface area (Å²) in [7, 11) is -3.62. The van der Waals surface area contributed by atoms with Gasteiger partial charge in [-0.25, -0.2) is 8.42 Å². The van der Waals surface area contributed by atoms with Gasteiger partial charge in [-0.2, -0.15) is 0 Å². The predicted octanol–water partition coefficient (Wildman–Crippen LogP) is 4.26. The summed E-state index contributed by atoms with van der Waals surface area (Å²) >= 11 is 0. The van der Waals surface area contributed by atoms with E-state index in [0.717, 1.165) is 34.9 Å². The highest BCUT2D eigenvalue weighted by Gasteiger charge is 2.25. The molecule has 0 radical (unpaired) electrons. The number of carbonyl (C=O) groups is 1. The molecule has 0 saturated heterocycles. The summed E-state index contributed by atoms with van der Waals surface area (Å²) in [5, 5.41) is 3.01. The number of amides is 1. The number of nitrogens with one attached hydrogen (secondary N) is 1. The van der Waals surface area contributed by atoms with E-state index in [1.807, 2.05) is 58.9 Å². The monoisotopic (exact) mass is 416 g/mol. The zero-order valence-electron chi connectivity index (χ0n) is 18.5. The Morgan fingerprint density at radius 1 is 0.966 bits per heavy atom. The van der Waals surface area contributed by atoms with Crippen LogP contribution in [0, 0.1) is 34.6 Å². The van der Waals surface area contributed by atoms with Crippen LogP contribution in [0.25, 0.3) is 0 Å². The summed E-state index contributed by atoms with van der Waals surface area (Å²) in [6.07, 6.45) is 1.86. The molecule has 0 heterocycles. The molecule has 2 aromatic rings. The SMILES string of the molecule is CC[C@H](NC(=O)CN(c1c(C)cc(C)cc1C)S(C)(=O)=O)c1ccc(C)c(C)c1. The van der Waals surface area contributed by atoms with E-state index < -0.39 is 10.0 Å². The van der Waals surface area contributed by atoms with Crippen molar-refractivity contribution in [2.75, 3.05) is 17.1 Å². The molecule has 2 aromatic carbocycles. The van der Waals surface area contributed by atoms with Crippen LogP contribution in [0.1, 0.15) is 52.8 Å². The van der Waals surface area contributed by atoms with Crippen molar-refractivity contribution in [1.82, 2.24) is 5.32 Å². The highest BCUT2D eigenvalue weighted by atomic mass is 32.2. The quantitative estimate of drug-likeness (QED) is 0.733. The first-order valence-electron chi connectivity index (χ1n) is 9.86. The molecular weight excluding hydrogens is 384 g/mol. The number of benzene rings is 2. The molecule has 0 unspecified atom stereocenters. The Kier molecular flexibility index (Phi) is 7.11. The van der Waals surface area contributed by atoms with Gasteiger partial charge in [0.15, 0.2) is 0 Å². The van der Waals surface area contributed by atoms with E-state index in [4.69, 9.17) is 0 Å². The molecule has 0 bridgehead atoms. The number of hydrogen-bond donors (Lipinski definition) is 1. The van der Waals surface area contributed by atoms with E-state index in [9.17, 15) is 13.2 Å². The fourth-order valence-electron chi connectivity index (χ4n) is 3.70. The van der Waals surface area contributed by atoms with Crippen molar-refractivity contribution in [3.63, 3.8) is 0 Å². The molecule has 29 heavy (non-hydrogen) atoms. The van der Waals surface area contributed by atoms with Gasteiger partial charge >= 0.3 is 0 Å². The third kappa shape index (κ3) is 5.60. The largest absolute Gasteiger partial charge is 0.348 e. The second kappa shape index (κ2) is 8.99. The molecule has 0 fully saturated rings. The average molecular weight is 417 g/mol. The number of sulfonamides is 1. The number of nitrogens with zero attached hydrogens (tertiary/aromatic N) is 1. The molecule has 0 aromatic heterocycles. The zero-order valence-corrected chi connectivity index (χ0v) is 19.3. The van der Waals surface area contributed by atoms with Gasteiger partial charge in [0.05, 0.1) is 18.0 Å². The number of rotatable bonds is 7. The molecule has 1 N–H and O–H groups in total. The van der Waals surface area contributed by atoms with Crippen molar-refractivity contribution in [3.05, 3.63) is 63.7 Å². The molecule has 1 amide bonds. The molecule has 0 aliphatic heterocycles. The van der Waals surface area contributed by atoms with Gasteiger partial charge in [0, 0.05) is 0 Å². The van der Waals surface area contributed by atoms with E-state index in [0.29, 0.717) is 5.69 Å². The Hall–Kier alpha value is -2.34. The first kappa shape index (κ1) is 22.9. The maximum atomic E-state index is 12.8. The molecule has 0 spiro atoms. The second-order valence-corrected chi connectivity index (χ2v) is 9.80. The number of hydrogen-bond acceptors (Lipinski definition) is 3. The van der Waals surface area contributed by atoms with Crippen molar-refractivity contribution < 1.29 is 13.2 Å². The van der Waals surface area contributed by atoms with E-state index >= 15 is 0 Å². The third-order valence-electron chi connectivity index (χ3n) is 5.25. The normalized spacial score (nSPS) is 12.5. The maximum absolute atomic E-state index is 12.8. The molecule has 6 heteroatoms. The average Bonchev–Trinajstić information content (AvgIpc) is 2.59. The molecule has 2 rings (SSSR count). The lowest BCUT2D eigenvalue weighted by Gasteiger charge is -2.27. The highest BCUT2D eigenvalue weighted by Crippen LogP contribution is 2.28. The smallest absolute Gasteiger partial charge is 0.241 e. The van der Waals surface area contributed by atoms with Crippen molar-refractivity contribution in [1.29, 1.82) is 0 Å². The van der Waals surface area contributed by atoms with E-state index in [1.54, 1.807) is 0 Å². The lowest BCUT2D eigenvalue weighted by Crippen LogP contribution is -2.42. The van der Waals surface area contributed by atoms with Crippen LogP contribution in [0.15, 0.2) is 30.3 Å². The molecule has 0 saturated carbocycles. The minimum Gasteiger partial charge on any atom is -0.348 e. The second-order valence-electron chi connectivity index (χ2n) is 7.89. The molecule has 0 aliphatic carbocycles. The van der Waals surface area contributed by atoms with Gasteiger partial charge in [0.2, 0.25) is 15.9 Å². The van der Waals surface area contributed by atoms with Gasteiger partial charge in [0.25, 0.3) is 0 Å². The molecular formula is C23H32N2O3S. The van der Waals surface area contributed by atoms with Gasteiger partial charge < -0.3 is 5.32 Å². The standard InChI is InChI=1S/C23H32N2O3S/c1-8-21(20-10-9-16(3)17(4)13-20)24-22(26)14-25(29(7,27)28)23-18(5)11-15(2)12-19(23)6/h9-13,21H,8,14H2,1-7H3,(H,24,26)/t21-/m0/s1. The van der Waals surface area contributed by atoms with Gasteiger partial charge in [-0.15, -0.1) is 0 Å². The number of aryl methyl sites for hydroxylation is 5. The van der Waals surface area contributed by atoms with Crippen molar-refractivity contribution in [2.45, 2.75) is 54.0 Å². The lowest BCUT2D eigenvalue weighted by molar-refractivity contribution is -0.120. The lowest BCUT2D eigenvalue weighted by atomic mass is 9.99. The van der Waals surface area contributed by atoms with Gasteiger partial charge in [-0.05, 0) is 68.9 Å². The van der Waals surface area contributed by atoms with Crippen LogP contribution < -0.4 is 9.62 Å². The molecule has 5 nitrogen and oxygen atoms in total. The van der Waals surface area contributed by atoms with Crippen LogP contribution in [0.5, 0.6) is 0 Å². The molecule has 158 valence electrons. The summed E-state index contributed by atoms with van der Waals surface area (Å²) < 4.78 is 26.2. The fraction of sp³-hybridized carbons (Fsp3) is 0.435. The number of anilines is 1. The summed E-state index contributed by atoms with van der Waals surface area (Å²) in [6, 6.07) is 9.83. The van der Waals surface area contributed by atoms with Gasteiger partial charge in [-0.3, -0.25) is 9.10 Å². The summed E-state index contributed by atoms with van der Waals surface area (Å²) in [4.78, 5) is 12.8. The minimum absolute atomic E-state index is 0.163. The third-order valence-corrected chi connectivity index (χ3v) is 6.36. The van der Waals surface area contributed by atoms with Crippen LogP contribution in [-0.4, -0.2) is 27.1 Å². The highest BCUT2D eigenvalue weighted by molar-refractivity contribution is 7.92. The maximum Gasteiger partial charge on any atom is 0.241 e. The predicted molar refractivity (Wildman–Crippen MR) is 120 cm³/mol. The molecule has 1 atom stereocenters. The Balaban J connectivity index is 2.30. The van der Waals surface area contributed by atoms with Gasteiger partial charge in [-0.1, -0.05) is 42.8 Å². The Morgan fingerprint density at radius 3 is 2.03 bits per heavy atom. The van der Waals surface area contributed by atoms with E-state index in [1.165, 1.54) is 15.4 Å². The van der Waals surface area contributed by atoms with Gasteiger partial charge in [0.1, 0.15) is 6.54 Å². The topological polar surface area (TPSA) is 66.5 Å². The van der Waals surface area contributed by atoms with Crippen LogP contribution in [0.3, 0.4) is 0 Å². The van der Waals surface area contributed by atoms with E-state index in [2.05, 4.69) is 18.3 Å². The van der Waals surface area contributed by atoms with Crippen LogP contribution in [0.4, 0.5) is 5.69 Å². The number of carbonyl (C=O) groups excluding carboxylic acids is 1. The van der Waals surface area contributed by atoms with E-state index in [-0.39, 0.29) is 18.5 Å².